The maximum Gasteiger partial charge on any atom is 0.335 e. The highest BCUT2D eigenvalue weighted by atomic mass is 19.1. The van der Waals surface area contributed by atoms with E-state index in [1.54, 1.807) is 18.2 Å². The number of rotatable bonds is 4. The number of carboxylic acids is 1. The minimum Gasteiger partial charge on any atom is -0.478 e. The SMILES string of the molecule is N#Cc1c(F)cccc1NCc1ccc(C(=O)O)cc1. The molecule has 4 nitrogen and oxygen atoms in total. The number of anilines is 1. The molecular formula is C15H11FN2O2. The van der Waals surface area contributed by atoms with Crippen molar-refractivity contribution in [3.8, 4) is 6.07 Å². The lowest BCUT2D eigenvalue weighted by Gasteiger charge is -2.09. The number of carboxylic acid groups (broad SMARTS) is 1. The average molecular weight is 270 g/mol. The van der Waals surface area contributed by atoms with Crippen LogP contribution in [0.2, 0.25) is 0 Å². The van der Waals surface area contributed by atoms with Crippen LogP contribution < -0.4 is 5.32 Å². The number of halogens is 1. The van der Waals surface area contributed by atoms with Crippen LogP contribution in [0.4, 0.5) is 10.1 Å². The molecule has 0 saturated heterocycles. The third kappa shape index (κ3) is 2.93. The molecule has 0 heterocycles. The van der Waals surface area contributed by atoms with E-state index >= 15 is 0 Å². The van der Waals surface area contributed by atoms with Crippen LogP contribution in [0.3, 0.4) is 0 Å². The molecule has 5 heteroatoms. The fourth-order valence-electron chi connectivity index (χ4n) is 1.75. The van der Waals surface area contributed by atoms with Gasteiger partial charge in [0.15, 0.2) is 0 Å². The van der Waals surface area contributed by atoms with Crippen molar-refractivity contribution >= 4 is 11.7 Å². The van der Waals surface area contributed by atoms with Gasteiger partial charge in [0.1, 0.15) is 17.4 Å². The van der Waals surface area contributed by atoms with E-state index in [2.05, 4.69) is 5.32 Å². The summed E-state index contributed by atoms with van der Waals surface area (Å²) in [5, 5.41) is 20.6. The smallest absolute Gasteiger partial charge is 0.335 e. The summed E-state index contributed by atoms with van der Waals surface area (Å²) >= 11 is 0. The van der Waals surface area contributed by atoms with Crippen molar-refractivity contribution in [1.29, 1.82) is 5.26 Å². The number of carbonyl (C=O) groups is 1. The molecule has 0 aliphatic carbocycles. The van der Waals surface area contributed by atoms with Crippen molar-refractivity contribution in [2.45, 2.75) is 6.54 Å². The largest absolute Gasteiger partial charge is 0.478 e. The van der Waals surface area contributed by atoms with E-state index in [1.807, 2.05) is 6.07 Å². The quantitative estimate of drug-likeness (QED) is 0.895. The molecule has 0 fully saturated rings. The molecular weight excluding hydrogens is 259 g/mol. The maximum atomic E-state index is 13.4. The van der Waals surface area contributed by atoms with Gasteiger partial charge in [-0.1, -0.05) is 18.2 Å². The molecule has 100 valence electrons. The lowest BCUT2D eigenvalue weighted by atomic mass is 10.1. The fraction of sp³-hybridized carbons (Fsp3) is 0.0667. The molecule has 0 saturated carbocycles. The van der Waals surface area contributed by atoms with Gasteiger partial charge >= 0.3 is 5.97 Å². The average Bonchev–Trinajstić information content (AvgIpc) is 2.45. The highest BCUT2D eigenvalue weighted by molar-refractivity contribution is 5.87. The van der Waals surface area contributed by atoms with Gasteiger partial charge in [0.25, 0.3) is 0 Å². The summed E-state index contributed by atoms with van der Waals surface area (Å²) in [7, 11) is 0. The first-order chi connectivity index (χ1) is 9.61. The third-order valence-corrected chi connectivity index (χ3v) is 2.81. The topological polar surface area (TPSA) is 73.1 Å². The second kappa shape index (κ2) is 5.85. The molecule has 0 unspecified atom stereocenters. The summed E-state index contributed by atoms with van der Waals surface area (Å²) in [6.07, 6.45) is 0. The van der Waals surface area contributed by atoms with Gasteiger partial charge in [-0.3, -0.25) is 0 Å². The van der Waals surface area contributed by atoms with Crippen LogP contribution in [0.1, 0.15) is 21.5 Å². The molecule has 2 rings (SSSR count). The van der Waals surface area contributed by atoms with Crippen molar-refractivity contribution in [3.63, 3.8) is 0 Å². The molecule has 0 atom stereocenters. The van der Waals surface area contributed by atoms with Crippen LogP contribution in [0.25, 0.3) is 0 Å². The molecule has 0 aliphatic heterocycles. The minimum atomic E-state index is -0.985. The maximum absolute atomic E-state index is 13.4. The van der Waals surface area contributed by atoms with Crippen LogP contribution in [-0.4, -0.2) is 11.1 Å². The molecule has 0 radical (unpaired) electrons. The summed E-state index contributed by atoms with van der Waals surface area (Å²) in [4.78, 5) is 10.7. The Morgan fingerprint density at radius 3 is 2.55 bits per heavy atom. The van der Waals surface area contributed by atoms with Crippen molar-refractivity contribution in [2.24, 2.45) is 0 Å². The Morgan fingerprint density at radius 2 is 1.95 bits per heavy atom. The number of nitrogens with zero attached hydrogens (tertiary/aromatic N) is 1. The van der Waals surface area contributed by atoms with E-state index in [0.717, 1.165) is 5.56 Å². The number of nitriles is 1. The summed E-state index contributed by atoms with van der Waals surface area (Å²) in [5.74, 6) is -1.56. The second-order valence-corrected chi connectivity index (χ2v) is 4.13. The molecule has 2 aromatic rings. The lowest BCUT2D eigenvalue weighted by Crippen LogP contribution is -2.03. The van der Waals surface area contributed by atoms with Gasteiger partial charge in [0, 0.05) is 6.54 Å². The predicted octanol–water partition coefficient (Wildman–Crippen LogP) is 3.01. The van der Waals surface area contributed by atoms with Crippen LogP contribution in [-0.2, 0) is 6.54 Å². The van der Waals surface area contributed by atoms with E-state index in [4.69, 9.17) is 10.4 Å². The number of hydrogen-bond acceptors (Lipinski definition) is 3. The van der Waals surface area contributed by atoms with Crippen molar-refractivity contribution in [3.05, 3.63) is 65.0 Å². The molecule has 2 N–H and O–H groups in total. The Morgan fingerprint density at radius 1 is 1.25 bits per heavy atom. The minimum absolute atomic E-state index is 0.0327. The molecule has 0 spiro atoms. The summed E-state index contributed by atoms with van der Waals surface area (Å²) in [5.41, 5.74) is 1.42. The lowest BCUT2D eigenvalue weighted by molar-refractivity contribution is 0.0697. The number of nitrogens with one attached hydrogen (secondary N) is 1. The summed E-state index contributed by atoms with van der Waals surface area (Å²) in [6.45, 7) is 0.373. The highest BCUT2D eigenvalue weighted by Crippen LogP contribution is 2.18. The molecule has 0 aliphatic rings. The van der Waals surface area contributed by atoms with Gasteiger partial charge in [-0.05, 0) is 29.8 Å². The first-order valence-electron chi connectivity index (χ1n) is 5.86. The molecule has 0 amide bonds. The number of benzene rings is 2. The Kier molecular flexibility index (Phi) is 3.96. The predicted molar refractivity (Wildman–Crippen MR) is 71.8 cm³/mol. The van der Waals surface area contributed by atoms with Crippen LogP contribution in [0.15, 0.2) is 42.5 Å². The summed E-state index contributed by atoms with van der Waals surface area (Å²) < 4.78 is 13.4. The van der Waals surface area contributed by atoms with Gasteiger partial charge < -0.3 is 10.4 Å². The normalized spacial score (nSPS) is 9.80. The Labute approximate surface area is 115 Å². The zero-order valence-electron chi connectivity index (χ0n) is 10.4. The van der Waals surface area contributed by atoms with Crippen LogP contribution >= 0.6 is 0 Å². The van der Waals surface area contributed by atoms with E-state index < -0.39 is 11.8 Å². The Balaban J connectivity index is 2.11. The van der Waals surface area contributed by atoms with Crippen LogP contribution in [0.5, 0.6) is 0 Å². The molecule has 0 bridgehead atoms. The highest BCUT2D eigenvalue weighted by Gasteiger charge is 2.07. The monoisotopic (exact) mass is 270 g/mol. The van der Waals surface area contributed by atoms with E-state index in [-0.39, 0.29) is 11.1 Å². The van der Waals surface area contributed by atoms with Gasteiger partial charge in [-0.25, -0.2) is 9.18 Å². The van der Waals surface area contributed by atoms with Crippen molar-refractivity contribution in [1.82, 2.24) is 0 Å². The van der Waals surface area contributed by atoms with Gasteiger partial charge in [-0.2, -0.15) is 5.26 Å². The third-order valence-electron chi connectivity index (χ3n) is 2.81. The first kappa shape index (κ1) is 13.6. The van der Waals surface area contributed by atoms with Gasteiger partial charge in [0.05, 0.1) is 11.3 Å². The van der Waals surface area contributed by atoms with E-state index in [9.17, 15) is 9.18 Å². The second-order valence-electron chi connectivity index (χ2n) is 4.13. The Hall–Kier alpha value is -2.87. The summed E-state index contributed by atoms with van der Waals surface area (Å²) in [6, 6.07) is 12.5. The zero-order chi connectivity index (χ0) is 14.5. The first-order valence-corrected chi connectivity index (χ1v) is 5.86. The van der Waals surface area contributed by atoms with Gasteiger partial charge in [0.2, 0.25) is 0 Å². The van der Waals surface area contributed by atoms with Crippen LogP contribution in [0, 0.1) is 17.1 Å². The van der Waals surface area contributed by atoms with E-state index in [0.29, 0.717) is 12.2 Å². The Bertz CT molecular complexity index is 675. The number of hydrogen-bond donors (Lipinski definition) is 2. The molecule has 20 heavy (non-hydrogen) atoms. The zero-order valence-corrected chi connectivity index (χ0v) is 10.4. The van der Waals surface area contributed by atoms with Crippen molar-refractivity contribution < 1.29 is 14.3 Å². The van der Waals surface area contributed by atoms with Gasteiger partial charge in [-0.15, -0.1) is 0 Å². The molecule has 0 aromatic heterocycles. The number of aromatic carboxylic acids is 1. The molecule has 2 aromatic carbocycles. The van der Waals surface area contributed by atoms with E-state index in [1.165, 1.54) is 24.3 Å². The standard InChI is InChI=1S/C15H11FN2O2/c16-13-2-1-3-14(12(13)8-17)18-9-10-4-6-11(7-5-10)15(19)20/h1-7,18H,9H2,(H,19,20). The fourth-order valence-corrected chi connectivity index (χ4v) is 1.75. The van der Waals surface area contributed by atoms with Crippen molar-refractivity contribution in [2.75, 3.05) is 5.32 Å².